The maximum Gasteiger partial charge on any atom is 0.335 e. The number of carbonyl (C=O) groups excluding carboxylic acids is 3. The summed E-state index contributed by atoms with van der Waals surface area (Å²) in [5, 5.41) is 11.8. The third-order valence-electron chi connectivity index (χ3n) is 14.6. The first-order valence-corrected chi connectivity index (χ1v) is 24.4. The van der Waals surface area contributed by atoms with E-state index in [0.29, 0.717) is 29.5 Å². The van der Waals surface area contributed by atoms with Gasteiger partial charge in [-0.25, -0.2) is 4.79 Å². The molecule has 2 aliphatic carbocycles. The Labute approximate surface area is 385 Å². The second-order valence-electron chi connectivity index (χ2n) is 18.8. The highest BCUT2D eigenvalue weighted by Gasteiger charge is 2.38. The molecule has 0 radical (unpaired) electrons. The molecule has 0 bridgehead atoms. The zero-order valence-electron chi connectivity index (χ0n) is 38.1. The van der Waals surface area contributed by atoms with E-state index >= 15 is 0 Å². The fourth-order valence-electron chi connectivity index (χ4n) is 10.4. The van der Waals surface area contributed by atoms with Crippen LogP contribution >= 0.6 is 0 Å². The van der Waals surface area contributed by atoms with Crippen LogP contribution in [0.15, 0.2) is 109 Å². The van der Waals surface area contributed by atoms with Crippen LogP contribution in [0.4, 0.5) is 0 Å². The minimum Gasteiger partial charge on any atom is -0.478 e. The van der Waals surface area contributed by atoms with E-state index in [1.54, 1.807) is 30.3 Å². The molecule has 6 aliphatic rings. The lowest BCUT2D eigenvalue weighted by molar-refractivity contribution is 0.00851. The molecule has 10 rings (SSSR count). The number of piperazine rings is 2. The van der Waals surface area contributed by atoms with E-state index in [9.17, 15) is 19.2 Å². The Kier molecular flexibility index (Phi) is 16.1. The number of carbonyl (C=O) groups is 4. The number of aromatic carboxylic acids is 1. The van der Waals surface area contributed by atoms with Crippen molar-refractivity contribution in [1.29, 1.82) is 0 Å². The SMILES string of the molecule is O=C(O)c1ccccc1.O=C(c1ccc(C2CCCCC2)cc1)N1CC(N2CCNCC2)C1.O=C(c1ccccc1)N1CCN(C2CN(C(=O)c3ccc(C4CCCCC4)cc3)C2)CC1. The smallest absolute Gasteiger partial charge is 0.335 e. The zero-order valence-corrected chi connectivity index (χ0v) is 38.1. The van der Waals surface area contributed by atoms with Crippen LogP contribution < -0.4 is 5.32 Å². The molecule has 4 aromatic carbocycles. The molecular formula is C54H68N6O5. The summed E-state index contributed by atoms with van der Waals surface area (Å²) < 4.78 is 0. The highest BCUT2D eigenvalue weighted by molar-refractivity contribution is 5.96. The molecule has 11 heteroatoms. The van der Waals surface area contributed by atoms with Crippen LogP contribution in [0.5, 0.6) is 0 Å². The highest BCUT2D eigenvalue weighted by atomic mass is 16.4. The van der Waals surface area contributed by atoms with Gasteiger partial charge in [-0.1, -0.05) is 99.2 Å². The molecule has 4 aliphatic heterocycles. The van der Waals surface area contributed by atoms with E-state index in [4.69, 9.17) is 5.11 Å². The number of hydrogen-bond donors (Lipinski definition) is 2. The van der Waals surface area contributed by atoms with Gasteiger partial charge in [-0.15, -0.1) is 0 Å². The number of nitrogens with zero attached hydrogens (tertiary/aromatic N) is 5. The van der Waals surface area contributed by atoms with Crippen LogP contribution in [-0.2, 0) is 0 Å². The van der Waals surface area contributed by atoms with Crippen LogP contribution in [0.1, 0.15) is 129 Å². The first kappa shape index (κ1) is 46.2. The summed E-state index contributed by atoms with van der Waals surface area (Å²) in [5.41, 5.74) is 5.57. The minimum absolute atomic E-state index is 0.118. The molecule has 3 amide bonds. The van der Waals surface area contributed by atoms with Crippen molar-refractivity contribution in [3.05, 3.63) is 143 Å². The van der Waals surface area contributed by atoms with Crippen LogP contribution in [0.25, 0.3) is 0 Å². The quantitative estimate of drug-likeness (QED) is 0.184. The van der Waals surface area contributed by atoms with E-state index in [1.807, 2.05) is 69.3 Å². The Bertz CT molecular complexity index is 2130. The maximum absolute atomic E-state index is 12.9. The van der Waals surface area contributed by atoms with E-state index in [2.05, 4.69) is 39.4 Å². The average molecular weight is 881 g/mol. The molecular weight excluding hydrogens is 813 g/mol. The van der Waals surface area contributed by atoms with Gasteiger partial charge >= 0.3 is 5.97 Å². The number of benzene rings is 4. The van der Waals surface area contributed by atoms with Gasteiger partial charge in [0.05, 0.1) is 5.56 Å². The highest BCUT2D eigenvalue weighted by Crippen LogP contribution is 2.34. The first-order chi connectivity index (χ1) is 31.8. The third kappa shape index (κ3) is 12.1. The van der Waals surface area contributed by atoms with Crippen molar-refractivity contribution in [2.24, 2.45) is 0 Å². The van der Waals surface area contributed by atoms with Crippen LogP contribution in [-0.4, -0.2) is 144 Å². The van der Waals surface area contributed by atoms with Gasteiger partial charge in [0.25, 0.3) is 17.7 Å². The van der Waals surface area contributed by atoms with Gasteiger partial charge in [0, 0.05) is 107 Å². The van der Waals surface area contributed by atoms with Gasteiger partial charge in [-0.3, -0.25) is 24.2 Å². The van der Waals surface area contributed by atoms with E-state index in [1.165, 1.54) is 75.3 Å². The molecule has 65 heavy (non-hydrogen) atoms. The standard InChI is InChI=1S/C27H33N3O2.C20H29N3O.C7H6O2/c31-26(23-9-5-2-6-10-23)29-17-15-28(16-18-29)25-19-30(20-25)27(32)24-13-11-22(12-14-24)21-7-3-1-4-8-21;24-20(23-14-19(15-23)22-12-10-21-11-13-22)18-8-6-17(7-9-18)16-4-2-1-3-5-16;8-7(9)6-4-2-1-3-5-6/h2,5-6,9-14,21,25H,1,3-4,7-8,15-20H2;6-9,16,19,21H,1-5,10-15H2;1-5H,(H,8,9). The second kappa shape index (κ2) is 22.7. The lowest BCUT2D eigenvalue weighted by Crippen LogP contribution is -2.64. The number of carboxylic acids is 1. The van der Waals surface area contributed by atoms with E-state index < -0.39 is 5.97 Å². The predicted molar refractivity (Wildman–Crippen MR) is 256 cm³/mol. The molecule has 11 nitrogen and oxygen atoms in total. The Morgan fingerprint density at radius 3 is 1.18 bits per heavy atom. The average Bonchev–Trinajstić information content (AvgIpc) is 3.35. The summed E-state index contributed by atoms with van der Waals surface area (Å²) in [6.07, 6.45) is 13.3. The van der Waals surface area contributed by atoms with Crippen molar-refractivity contribution in [2.45, 2.75) is 88.1 Å². The third-order valence-corrected chi connectivity index (χ3v) is 14.6. The molecule has 6 fully saturated rings. The predicted octanol–water partition coefficient (Wildman–Crippen LogP) is 7.87. The van der Waals surface area contributed by atoms with Gasteiger partial charge in [0.15, 0.2) is 0 Å². The Morgan fingerprint density at radius 1 is 0.415 bits per heavy atom. The van der Waals surface area contributed by atoms with Gasteiger partial charge in [0.2, 0.25) is 0 Å². The van der Waals surface area contributed by atoms with Crippen LogP contribution in [0, 0.1) is 0 Å². The summed E-state index contributed by atoms with van der Waals surface area (Å²) in [6, 6.07) is 35.6. The van der Waals surface area contributed by atoms with Gasteiger partial charge in [-0.2, -0.15) is 0 Å². The largest absolute Gasteiger partial charge is 0.478 e. The number of likely N-dealkylation sites (tertiary alicyclic amines) is 2. The summed E-state index contributed by atoms with van der Waals surface area (Å²) >= 11 is 0. The molecule has 0 aromatic heterocycles. The van der Waals surface area contributed by atoms with Crippen molar-refractivity contribution in [3.63, 3.8) is 0 Å². The lowest BCUT2D eigenvalue weighted by atomic mass is 9.84. The number of rotatable bonds is 8. The van der Waals surface area contributed by atoms with Crippen molar-refractivity contribution in [1.82, 2.24) is 29.8 Å². The maximum atomic E-state index is 12.9. The summed E-state index contributed by atoms with van der Waals surface area (Å²) in [5.74, 6) is 0.978. The topological polar surface area (TPSA) is 117 Å². The van der Waals surface area contributed by atoms with Gasteiger partial charge in [-0.05, 0) is 97.2 Å². The van der Waals surface area contributed by atoms with Gasteiger partial charge < -0.3 is 25.1 Å². The second-order valence-corrected chi connectivity index (χ2v) is 18.8. The number of nitrogens with one attached hydrogen (secondary N) is 1. The molecule has 344 valence electrons. The monoisotopic (exact) mass is 881 g/mol. The molecule has 0 spiro atoms. The Hall–Kier alpha value is -5.36. The Morgan fingerprint density at radius 2 is 0.785 bits per heavy atom. The zero-order chi connectivity index (χ0) is 45.0. The minimum atomic E-state index is -0.879. The van der Waals surface area contributed by atoms with Crippen LogP contribution in [0.2, 0.25) is 0 Å². The van der Waals surface area contributed by atoms with Gasteiger partial charge in [0.1, 0.15) is 0 Å². The first-order valence-electron chi connectivity index (χ1n) is 24.4. The van der Waals surface area contributed by atoms with E-state index in [0.717, 1.165) is 95.2 Å². The van der Waals surface area contributed by atoms with E-state index in [-0.39, 0.29) is 17.7 Å². The molecule has 4 heterocycles. The van der Waals surface area contributed by atoms with Crippen molar-refractivity contribution >= 4 is 23.7 Å². The van der Waals surface area contributed by atoms with Crippen molar-refractivity contribution in [3.8, 4) is 0 Å². The molecule has 2 saturated carbocycles. The summed E-state index contributed by atoms with van der Waals surface area (Å²) in [6.45, 7) is 11.0. The summed E-state index contributed by atoms with van der Waals surface area (Å²) in [7, 11) is 0. The van der Waals surface area contributed by atoms with Crippen molar-refractivity contribution < 1.29 is 24.3 Å². The fraction of sp³-hybridized carbons (Fsp3) is 0.481. The lowest BCUT2D eigenvalue weighted by Gasteiger charge is -2.48. The molecule has 0 unspecified atom stereocenters. The summed E-state index contributed by atoms with van der Waals surface area (Å²) in [4.78, 5) is 59.2. The number of carboxylic acid groups (broad SMARTS) is 1. The van der Waals surface area contributed by atoms with Crippen molar-refractivity contribution in [2.75, 3.05) is 78.5 Å². The fourth-order valence-corrected chi connectivity index (χ4v) is 10.4. The molecule has 4 saturated heterocycles. The van der Waals surface area contributed by atoms with Crippen LogP contribution in [0.3, 0.4) is 0 Å². The molecule has 0 atom stereocenters. The number of hydrogen-bond acceptors (Lipinski definition) is 7. The molecule has 2 N–H and O–H groups in total. The normalized spacial score (nSPS) is 20.3. The Balaban J connectivity index is 0.000000153. The molecule has 4 aromatic rings. The number of amides is 3.